The number of aromatic nitrogens is 1. The zero-order valence-electron chi connectivity index (χ0n) is 13.2. The average molecular weight is 301 g/mol. The Hall–Kier alpha value is -1.19. The van der Waals surface area contributed by atoms with Crippen molar-refractivity contribution >= 4 is 11.8 Å². The van der Waals surface area contributed by atoms with Crippen molar-refractivity contribution in [3.05, 3.63) is 47.3 Å². The van der Waals surface area contributed by atoms with Gasteiger partial charge in [-0.15, -0.1) is 11.8 Å². The van der Waals surface area contributed by atoms with Crippen molar-refractivity contribution in [2.75, 3.05) is 6.26 Å². The molecule has 0 saturated carbocycles. The maximum atomic E-state index is 10.5. The molecule has 1 aliphatic rings. The summed E-state index contributed by atoms with van der Waals surface area (Å²) in [5, 5.41) is 10.5. The van der Waals surface area contributed by atoms with Crippen LogP contribution in [-0.4, -0.2) is 15.9 Å². The second kappa shape index (κ2) is 5.22. The van der Waals surface area contributed by atoms with E-state index in [4.69, 9.17) is 0 Å². The van der Waals surface area contributed by atoms with Crippen molar-refractivity contribution in [2.24, 2.45) is 5.41 Å². The monoisotopic (exact) mass is 301 g/mol. The first-order valence-electron chi connectivity index (χ1n) is 7.45. The van der Waals surface area contributed by atoms with Gasteiger partial charge in [0.15, 0.2) is 0 Å². The van der Waals surface area contributed by atoms with Crippen LogP contribution in [0.1, 0.15) is 43.3 Å². The molecular formula is C18H23NOS. The number of hydrogen-bond acceptors (Lipinski definition) is 2. The fraction of sp³-hybridized carbons (Fsp3) is 0.444. The zero-order chi connectivity index (χ0) is 15.2. The number of thioether (sulfide) groups is 1. The minimum Gasteiger partial charge on any atom is -0.388 e. The summed E-state index contributed by atoms with van der Waals surface area (Å²) in [7, 11) is 0. The minimum absolute atomic E-state index is 0.145. The first-order chi connectivity index (χ1) is 9.91. The number of rotatable bonds is 2. The highest BCUT2D eigenvalue weighted by Crippen LogP contribution is 2.42. The van der Waals surface area contributed by atoms with Gasteiger partial charge >= 0.3 is 0 Å². The summed E-state index contributed by atoms with van der Waals surface area (Å²) in [5.74, 6) is 0. The van der Waals surface area contributed by atoms with Crippen LogP contribution in [0.5, 0.6) is 0 Å². The Labute approximate surface area is 131 Å². The van der Waals surface area contributed by atoms with Gasteiger partial charge in [-0.1, -0.05) is 19.9 Å². The van der Waals surface area contributed by atoms with Crippen LogP contribution in [0.4, 0.5) is 0 Å². The summed E-state index contributed by atoms with van der Waals surface area (Å²) in [6.07, 6.45) is 3.61. The van der Waals surface area contributed by atoms with E-state index in [-0.39, 0.29) is 11.5 Å². The van der Waals surface area contributed by atoms with Crippen LogP contribution in [0, 0.1) is 12.3 Å². The quantitative estimate of drug-likeness (QED) is 0.825. The van der Waals surface area contributed by atoms with Crippen molar-refractivity contribution < 1.29 is 5.11 Å². The van der Waals surface area contributed by atoms with E-state index in [0.717, 1.165) is 18.4 Å². The van der Waals surface area contributed by atoms with Crippen LogP contribution >= 0.6 is 11.8 Å². The molecule has 3 rings (SSSR count). The van der Waals surface area contributed by atoms with E-state index in [1.807, 2.05) is 0 Å². The molecule has 21 heavy (non-hydrogen) atoms. The average Bonchev–Trinajstić information content (AvgIpc) is 2.74. The third kappa shape index (κ3) is 2.65. The largest absolute Gasteiger partial charge is 0.388 e. The lowest BCUT2D eigenvalue weighted by molar-refractivity contribution is 0.0987. The van der Waals surface area contributed by atoms with Crippen molar-refractivity contribution in [1.82, 2.24) is 4.57 Å². The summed E-state index contributed by atoms with van der Waals surface area (Å²) >= 11 is 1.76. The van der Waals surface area contributed by atoms with Crippen LogP contribution in [0.15, 0.2) is 35.2 Å². The predicted octanol–water partition coefficient (Wildman–Crippen LogP) is 4.51. The maximum Gasteiger partial charge on any atom is 0.0812 e. The SMILES string of the molecule is CSc1cccc(-n2c(C)cc3c2CC(C)(C)CC3O)c1. The molecule has 1 aromatic heterocycles. The maximum absolute atomic E-state index is 10.5. The van der Waals surface area contributed by atoms with Crippen molar-refractivity contribution in [3.63, 3.8) is 0 Å². The summed E-state index contributed by atoms with van der Waals surface area (Å²) in [5.41, 5.74) is 4.93. The number of aryl methyl sites for hydroxylation is 1. The summed E-state index contributed by atoms with van der Waals surface area (Å²) in [6.45, 7) is 6.61. The van der Waals surface area contributed by atoms with Crippen LogP contribution in [0.2, 0.25) is 0 Å². The van der Waals surface area contributed by atoms with Crippen molar-refractivity contribution in [2.45, 2.75) is 44.6 Å². The molecule has 0 fully saturated rings. The Kier molecular flexibility index (Phi) is 3.66. The molecule has 1 aliphatic carbocycles. The van der Waals surface area contributed by atoms with Crippen LogP contribution in [-0.2, 0) is 6.42 Å². The van der Waals surface area contributed by atoms with Gasteiger partial charge in [-0.2, -0.15) is 0 Å². The van der Waals surface area contributed by atoms with Crippen LogP contribution in [0.25, 0.3) is 5.69 Å². The third-order valence-corrected chi connectivity index (χ3v) is 5.11. The number of fused-ring (bicyclic) bond motifs is 1. The molecule has 1 N–H and O–H groups in total. The summed E-state index contributed by atoms with van der Waals surface area (Å²) in [4.78, 5) is 1.27. The van der Waals surface area contributed by atoms with E-state index in [1.165, 1.54) is 22.0 Å². The predicted molar refractivity (Wildman–Crippen MR) is 89.3 cm³/mol. The molecule has 0 saturated heterocycles. The fourth-order valence-corrected chi connectivity index (χ4v) is 3.91. The van der Waals surface area contributed by atoms with E-state index >= 15 is 0 Å². The smallest absolute Gasteiger partial charge is 0.0812 e. The fourth-order valence-electron chi connectivity index (χ4n) is 3.45. The Bertz CT molecular complexity index is 672. The lowest BCUT2D eigenvalue weighted by Gasteiger charge is -2.34. The van der Waals surface area contributed by atoms with Crippen LogP contribution in [0.3, 0.4) is 0 Å². The topological polar surface area (TPSA) is 25.2 Å². The van der Waals surface area contributed by atoms with Gasteiger partial charge in [-0.05, 0) is 55.7 Å². The lowest BCUT2D eigenvalue weighted by atomic mass is 9.75. The first kappa shape index (κ1) is 14.7. The molecule has 2 aromatic rings. The molecule has 0 amide bonds. The number of benzene rings is 1. The zero-order valence-corrected chi connectivity index (χ0v) is 14.0. The first-order valence-corrected chi connectivity index (χ1v) is 8.67. The summed E-state index contributed by atoms with van der Waals surface area (Å²) < 4.78 is 2.32. The number of nitrogens with zero attached hydrogens (tertiary/aromatic N) is 1. The number of hydrogen-bond donors (Lipinski definition) is 1. The van der Waals surface area contributed by atoms with E-state index in [9.17, 15) is 5.11 Å². The Morgan fingerprint density at radius 1 is 1.29 bits per heavy atom. The van der Waals surface area contributed by atoms with Gasteiger partial charge in [0.25, 0.3) is 0 Å². The van der Waals surface area contributed by atoms with Gasteiger partial charge in [0.1, 0.15) is 0 Å². The minimum atomic E-state index is -0.340. The molecule has 112 valence electrons. The number of aliphatic hydroxyl groups is 1. The standard InChI is InChI=1S/C18H23NOS/c1-12-8-15-16(10-18(2,3)11-17(15)20)19(12)13-6-5-7-14(9-13)21-4/h5-9,17,20H,10-11H2,1-4H3. The molecule has 0 bridgehead atoms. The molecule has 1 unspecified atom stereocenters. The van der Waals surface area contributed by atoms with Crippen molar-refractivity contribution in [3.8, 4) is 5.69 Å². The normalized spacial score (nSPS) is 20.3. The molecule has 1 aromatic carbocycles. The van der Waals surface area contributed by atoms with E-state index in [1.54, 1.807) is 11.8 Å². The molecule has 0 aliphatic heterocycles. The molecular weight excluding hydrogens is 278 g/mol. The highest BCUT2D eigenvalue weighted by Gasteiger charge is 2.34. The molecule has 1 atom stereocenters. The highest BCUT2D eigenvalue weighted by molar-refractivity contribution is 7.98. The Morgan fingerprint density at radius 2 is 2.05 bits per heavy atom. The second-order valence-electron chi connectivity index (χ2n) is 6.79. The molecule has 0 spiro atoms. The lowest BCUT2D eigenvalue weighted by Crippen LogP contribution is -2.26. The Balaban J connectivity index is 2.16. The molecule has 1 heterocycles. The van der Waals surface area contributed by atoms with E-state index in [2.05, 4.69) is 61.9 Å². The highest BCUT2D eigenvalue weighted by atomic mass is 32.2. The van der Waals surface area contributed by atoms with Gasteiger partial charge in [0.05, 0.1) is 6.10 Å². The van der Waals surface area contributed by atoms with Crippen molar-refractivity contribution in [1.29, 1.82) is 0 Å². The Morgan fingerprint density at radius 3 is 2.76 bits per heavy atom. The molecule has 0 radical (unpaired) electrons. The number of aliphatic hydroxyl groups excluding tert-OH is 1. The van der Waals surface area contributed by atoms with Gasteiger partial charge in [0, 0.05) is 27.5 Å². The second-order valence-corrected chi connectivity index (χ2v) is 7.67. The summed E-state index contributed by atoms with van der Waals surface area (Å²) in [6, 6.07) is 10.8. The van der Waals surface area contributed by atoms with Gasteiger partial charge in [-0.25, -0.2) is 0 Å². The molecule has 2 nitrogen and oxygen atoms in total. The third-order valence-electron chi connectivity index (χ3n) is 4.38. The van der Waals surface area contributed by atoms with Gasteiger partial charge < -0.3 is 9.67 Å². The molecule has 3 heteroatoms. The van der Waals surface area contributed by atoms with E-state index in [0.29, 0.717) is 0 Å². The van der Waals surface area contributed by atoms with Gasteiger partial charge in [0.2, 0.25) is 0 Å². The van der Waals surface area contributed by atoms with Gasteiger partial charge in [-0.3, -0.25) is 0 Å². The van der Waals surface area contributed by atoms with Crippen LogP contribution < -0.4 is 0 Å². The van der Waals surface area contributed by atoms with E-state index < -0.39 is 0 Å².